The van der Waals surface area contributed by atoms with Gasteiger partial charge in [0.15, 0.2) is 0 Å². The van der Waals surface area contributed by atoms with Crippen LogP contribution in [-0.4, -0.2) is 26.2 Å². The van der Waals surface area contributed by atoms with Crippen molar-refractivity contribution in [2.75, 3.05) is 6.54 Å². The van der Waals surface area contributed by atoms with Crippen LogP contribution >= 0.6 is 0 Å². The van der Waals surface area contributed by atoms with Gasteiger partial charge in [0.25, 0.3) is 0 Å². The lowest BCUT2D eigenvalue weighted by atomic mass is 10.3. The summed E-state index contributed by atoms with van der Waals surface area (Å²) >= 11 is 0. The van der Waals surface area contributed by atoms with Gasteiger partial charge in [0, 0.05) is 19.0 Å². The molecule has 1 aliphatic carbocycles. The van der Waals surface area contributed by atoms with E-state index in [0.717, 1.165) is 16.1 Å². The first-order chi connectivity index (χ1) is 10.9. The highest BCUT2D eigenvalue weighted by Crippen LogP contribution is 2.47. The van der Waals surface area contributed by atoms with Crippen LogP contribution < -0.4 is 0 Å². The Morgan fingerprint density at radius 1 is 1.26 bits per heavy atom. The number of alkyl halides is 3. The summed E-state index contributed by atoms with van der Waals surface area (Å²) in [6.07, 6.45) is -3.29. The van der Waals surface area contributed by atoms with Crippen LogP contribution in [0.1, 0.15) is 42.4 Å². The fraction of sp³-hybridized carbons (Fsp3) is 0.600. The first-order valence-electron chi connectivity index (χ1n) is 7.72. The average Bonchev–Trinajstić information content (AvgIpc) is 2.90. The molecule has 4 rings (SSSR count). The maximum absolute atomic E-state index is 12.8. The number of halogens is 3. The average molecular weight is 326 g/mol. The number of aromatic nitrogens is 3. The Labute approximate surface area is 131 Å². The van der Waals surface area contributed by atoms with Crippen LogP contribution in [0.4, 0.5) is 13.2 Å². The Morgan fingerprint density at radius 2 is 2.04 bits per heavy atom. The van der Waals surface area contributed by atoms with Crippen LogP contribution in [0.2, 0.25) is 0 Å². The van der Waals surface area contributed by atoms with E-state index in [0.29, 0.717) is 37.3 Å². The quantitative estimate of drug-likeness (QED) is 0.870. The molecule has 0 radical (unpaired) electrons. The number of hydrogen-bond donors (Lipinski definition) is 0. The van der Waals surface area contributed by atoms with Gasteiger partial charge in [0.2, 0.25) is 5.82 Å². The van der Waals surface area contributed by atoms with Gasteiger partial charge in [-0.15, -0.1) is 10.2 Å². The number of nitrogens with zero attached hydrogens (tertiary/aromatic N) is 4. The molecule has 1 fully saturated rings. The number of fused-ring (bicyclic) bond motifs is 1. The number of hydrogen-bond acceptors (Lipinski definition) is 4. The lowest BCUT2D eigenvalue weighted by Crippen LogP contribution is -2.34. The molecule has 0 N–H and O–H groups in total. The molecule has 1 aliphatic heterocycles. The van der Waals surface area contributed by atoms with Gasteiger partial charge in [-0.2, -0.15) is 13.2 Å². The van der Waals surface area contributed by atoms with Crippen LogP contribution in [-0.2, 0) is 25.8 Å². The zero-order valence-electron chi connectivity index (χ0n) is 12.7. The molecule has 1 saturated carbocycles. The largest absolute Gasteiger partial charge is 0.464 e. The molecule has 5 nitrogen and oxygen atoms in total. The third-order valence-corrected chi connectivity index (χ3v) is 4.62. The van der Waals surface area contributed by atoms with E-state index in [-0.39, 0.29) is 6.54 Å². The van der Waals surface area contributed by atoms with Gasteiger partial charge < -0.3 is 8.98 Å². The topological polar surface area (TPSA) is 47.1 Å². The molecule has 2 aliphatic rings. The zero-order chi connectivity index (χ0) is 16.2. The third kappa shape index (κ3) is 2.75. The van der Waals surface area contributed by atoms with Crippen LogP contribution in [0, 0.1) is 5.92 Å². The molecular formula is C15H17F3N4O. The zero-order valence-corrected chi connectivity index (χ0v) is 12.7. The van der Waals surface area contributed by atoms with Crippen molar-refractivity contribution in [2.24, 2.45) is 5.92 Å². The van der Waals surface area contributed by atoms with Gasteiger partial charge in [0.1, 0.15) is 17.3 Å². The first-order valence-corrected chi connectivity index (χ1v) is 7.72. The molecule has 8 heteroatoms. The Kier molecular flexibility index (Phi) is 3.26. The van der Waals surface area contributed by atoms with Crippen molar-refractivity contribution in [3.8, 4) is 0 Å². The molecule has 23 heavy (non-hydrogen) atoms. The second-order valence-corrected chi connectivity index (χ2v) is 6.42. The monoisotopic (exact) mass is 326 g/mol. The number of rotatable bonds is 3. The second-order valence-electron chi connectivity index (χ2n) is 6.42. The van der Waals surface area contributed by atoms with E-state index in [9.17, 15) is 13.2 Å². The summed E-state index contributed by atoms with van der Waals surface area (Å²) in [6.45, 7) is 3.88. The van der Waals surface area contributed by atoms with Crippen molar-refractivity contribution >= 4 is 0 Å². The molecule has 0 aromatic carbocycles. The molecule has 2 unspecified atom stereocenters. The molecule has 0 bridgehead atoms. The van der Waals surface area contributed by atoms with Crippen LogP contribution in [0.5, 0.6) is 0 Å². The smallest absolute Gasteiger partial charge is 0.451 e. The van der Waals surface area contributed by atoms with Crippen molar-refractivity contribution in [3.05, 3.63) is 35.3 Å². The molecule has 0 amide bonds. The lowest BCUT2D eigenvalue weighted by molar-refractivity contribution is -0.148. The third-order valence-electron chi connectivity index (χ3n) is 4.62. The summed E-state index contributed by atoms with van der Waals surface area (Å²) in [4.78, 5) is 2.03. The summed E-state index contributed by atoms with van der Waals surface area (Å²) in [6, 6.07) is 3.97. The predicted octanol–water partition coefficient (Wildman–Crippen LogP) is 3.03. The fourth-order valence-corrected chi connectivity index (χ4v) is 3.17. The standard InChI is InChI=1S/C15H17F3N4O/c1-9-6-11(9)12-3-2-10(23-12)7-21-4-5-22-13(8-21)19-20-14(22)15(16,17)18/h2-3,9,11H,4-8H2,1H3. The first kappa shape index (κ1) is 14.7. The highest BCUT2D eigenvalue weighted by molar-refractivity contribution is 5.17. The molecule has 2 aromatic heterocycles. The highest BCUT2D eigenvalue weighted by atomic mass is 19.4. The minimum Gasteiger partial charge on any atom is -0.464 e. The summed E-state index contributed by atoms with van der Waals surface area (Å²) in [5.41, 5.74) is 0. The molecule has 3 heterocycles. The van der Waals surface area contributed by atoms with Crippen LogP contribution in [0.25, 0.3) is 0 Å². The van der Waals surface area contributed by atoms with Gasteiger partial charge in [-0.1, -0.05) is 6.92 Å². The molecule has 2 atom stereocenters. The van der Waals surface area contributed by atoms with E-state index in [4.69, 9.17) is 4.42 Å². The molecule has 124 valence electrons. The van der Waals surface area contributed by atoms with Crippen LogP contribution in [0.3, 0.4) is 0 Å². The lowest BCUT2D eigenvalue weighted by Gasteiger charge is -2.27. The SMILES string of the molecule is CC1CC1c1ccc(CN2CCn3c(nnc3C(F)(F)F)C2)o1. The van der Waals surface area contributed by atoms with Crippen molar-refractivity contribution in [3.63, 3.8) is 0 Å². The Balaban J connectivity index is 1.44. The molecular weight excluding hydrogens is 309 g/mol. The van der Waals surface area contributed by atoms with Gasteiger partial charge in [0.05, 0.1) is 13.1 Å². The van der Waals surface area contributed by atoms with E-state index >= 15 is 0 Å². The van der Waals surface area contributed by atoms with E-state index in [1.807, 2.05) is 17.0 Å². The summed E-state index contributed by atoms with van der Waals surface area (Å²) in [5, 5.41) is 6.98. The van der Waals surface area contributed by atoms with Crippen molar-refractivity contribution in [1.82, 2.24) is 19.7 Å². The van der Waals surface area contributed by atoms with E-state index < -0.39 is 12.0 Å². The normalized spacial score (nSPS) is 24.7. The van der Waals surface area contributed by atoms with E-state index in [2.05, 4.69) is 17.1 Å². The van der Waals surface area contributed by atoms with Crippen molar-refractivity contribution in [1.29, 1.82) is 0 Å². The van der Waals surface area contributed by atoms with Crippen molar-refractivity contribution in [2.45, 2.75) is 45.1 Å². The fourth-order valence-electron chi connectivity index (χ4n) is 3.17. The minimum absolute atomic E-state index is 0.240. The van der Waals surface area contributed by atoms with Gasteiger partial charge in [-0.05, 0) is 24.5 Å². The maximum atomic E-state index is 12.8. The number of furan rings is 1. The summed E-state index contributed by atoms with van der Waals surface area (Å²) < 4.78 is 45.5. The predicted molar refractivity (Wildman–Crippen MR) is 74.4 cm³/mol. The summed E-state index contributed by atoms with van der Waals surface area (Å²) in [5.74, 6) is 2.53. The second kappa shape index (κ2) is 5.09. The van der Waals surface area contributed by atoms with E-state index in [1.54, 1.807) is 0 Å². The highest BCUT2D eigenvalue weighted by Gasteiger charge is 2.40. The van der Waals surface area contributed by atoms with Crippen molar-refractivity contribution < 1.29 is 17.6 Å². The van der Waals surface area contributed by atoms with Crippen LogP contribution in [0.15, 0.2) is 16.5 Å². The van der Waals surface area contributed by atoms with Gasteiger partial charge in [-0.3, -0.25) is 4.90 Å². The minimum atomic E-state index is -4.45. The molecule has 2 aromatic rings. The molecule has 0 saturated heterocycles. The Morgan fingerprint density at radius 3 is 2.74 bits per heavy atom. The van der Waals surface area contributed by atoms with Gasteiger partial charge in [-0.25, -0.2) is 0 Å². The van der Waals surface area contributed by atoms with E-state index in [1.165, 1.54) is 6.42 Å². The Hall–Kier alpha value is -1.83. The maximum Gasteiger partial charge on any atom is 0.451 e. The van der Waals surface area contributed by atoms with Gasteiger partial charge >= 0.3 is 6.18 Å². The Bertz CT molecular complexity index is 721. The molecule has 0 spiro atoms. The summed E-state index contributed by atoms with van der Waals surface area (Å²) in [7, 11) is 0.